The number of nitro groups is 1. The third-order valence-corrected chi connectivity index (χ3v) is 1.91. The van der Waals surface area contributed by atoms with Gasteiger partial charge in [0, 0.05) is 12.6 Å². The van der Waals surface area contributed by atoms with Crippen LogP contribution in [0.25, 0.3) is 0 Å². The van der Waals surface area contributed by atoms with E-state index in [9.17, 15) is 14.5 Å². The monoisotopic (exact) mass is 228 g/mol. The molecule has 0 radical (unpaired) electrons. The number of likely N-dealkylation sites (N-methyl/N-ethyl adjacent to an activating group) is 1. The molecule has 0 saturated heterocycles. The van der Waals surface area contributed by atoms with Crippen molar-refractivity contribution in [2.75, 3.05) is 19.7 Å². The highest BCUT2D eigenvalue weighted by Gasteiger charge is 2.11. The number of hydrogen-bond acceptors (Lipinski definition) is 4. The lowest BCUT2D eigenvalue weighted by molar-refractivity contribution is -0.385. The molecule has 0 saturated carbocycles. The zero-order valence-electron chi connectivity index (χ0n) is 8.90. The molecule has 0 spiro atoms. The highest BCUT2D eigenvalue weighted by molar-refractivity contribution is 5.37. The van der Waals surface area contributed by atoms with E-state index >= 15 is 0 Å². The van der Waals surface area contributed by atoms with Gasteiger partial charge >= 0.3 is 0 Å². The fraction of sp³-hybridized carbons (Fsp3) is 0.400. The van der Waals surface area contributed by atoms with Gasteiger partial charge in [-0.2, -0.15) is 0 Å². The second kappa shape index (κ2) is 6.02. The second-order valence-electron chi connectivity index (χ2n) is 3.07. The minimum absolute atomic E-state index is 0.0310. The third-order valence-electron chi connectivity index (χ3n) is 1.91. The first-order chi connectivity index (χ1) is 7.65. The van der Waals surface area contributed by atoms with Crippen LogP contribution >= 0.6 is 0 Å². The van der Waals surface area contributed by atoms with Gasteiger partial charge in [0.15, 0.2) is 11.6 Å². The maximum absolute atomic E-state index is 13.3. The molecule has 0 unspecified atom stereocenters. The first kappa shape index (κ1) is 12.4. The molecule has 1 aromatic carbocycles. The molecule has 88 valence electrons. The Morgan fingerprint density at radius 2 is 2.31 bits per heavy atom. The van der Waals surface area contributed by atoms with Crippen LogP contribution in [0.3, 0.4) is 0 Å². The molecule has 0 amide bonds. The van der Waals surface area contributed by atoms with Gasteiger partial charge in [0.2, 0.25) is 0 Å². The van der Waals surface area contributed by atoms with Gasteiger partial charge < -0.3 is 10.1 Å². The number of halogens is 1. The fourth-order valence-corrected chi connectivity index (χ4v) is 1.13. The summed E-state index contributed by atoms with van der Waals surface area (Å²) in [6.45, 7) is 3.69. The van der Waals surface area contributed by atoms with Crippen molar-refractivity contribution < 1.29 is 14.1 Å². The summed E-state index contributed by atoms with van der Waals surface area (Å²) in [5.74, 6) is -0.686. The highest BCUT2D eigenvalue weighted by atomic mass is 19.1. The number of non-ortho nitro benzene ring substituents is 1. The zero-order valence-corrected chi connectivity index (χ0v) is 8.90. The molecular formula is C10H13FN2O3. The molecule has 16 heavy (non-hydrogen) atoms. The molecule has 6 heteroatoms. The van der Waals surface area contributed by atoms with E-state index in [0.717, 1.165) is 12.6 Å². The SMILES string of the molecule is CCNCCOc1ccc([N+](=O)[O-])cc1F. The largest absolute Gasteiger partial charge is 0.489 e. The van der Waals surface area contributed by atoms with Crippen LogP contribution in [0.1, 0.15) is 6.92 Å². The maximum Gasteiger partial charge on any atom is 0.272 e. The first-order valence-corrected chi connectivity index (χ1v) is 4.92. The zero-order chi connectivity index (χ0) is 12.0. The van der Waals surface area contributed by atoms with Gasteiger partial charge in [0.1, 0.15) is 6.61 Å². The molecule has 1 rings (SSSR count). The Morgan fingerprint density at radius 1 is 1.56 bits per heavy atom. The van der Waals surface area contributed by atoms with Crippen LogP contribution < -0.4 is 10.1 Å². The number of hydrogen-bond donors (Lipinski definition) is 1. The maximum atomic E-state index is 13.3. The molecule has 0 aliphatic heterocycles. The minimum atomic E-state index is -0.717. The Labute approximate surface area is 92.4 Å². The van der Waals surface area contributed by atoms with Gasteiger partial charge in [0.05, 0.1) is 11.0 Å². The van der Waals surface area contributed by atoms with Crippen LogP contribution in [0.5, 0.6) is 5.75 Å². The van der Waals surface area contributed by atoms with E-state index in [1.807, 2.05) is 6.92 Å². The molecule has 0 aromatic heterocycles. The molecule has 1 N–H and O–H groups in total. The Morgan fingerprint density at radius 3 is 2.88 bits per heavy atom. The normalized spacial score (nSPS) is 10.1. The van der Waals surface area contributed by atoms with Crippen LogP contribution in [-0.4, -0.2) is 24.6 Å². The van der Waals surface area contributed by atoms with E-state index in [1.165, 1.54) is 12.1 Å². The van der Waals surface area contributed by atoms with Crippen molar-refractivity contribution in [3.63, 3.8) is 0 Å². The smallest absolute Gasteiger partial charge is 0.272 e. The van der Waals surface area contributed by atoms with Crippen molar-refractivity contribution in [3.05, 3.63) is 34.1 Å². The summed E-state index contributed by atoms with van der Waals surface area (Å²) in [6.07, 6.45) is 0. The van der Waals surface area contributed by atoms with Crippen molar-refractivity contribution in [2.24, 2.45) is 0 Å². The molecule has 0 atom stereocenters. The van der Waals surface area contributed by atoms with E-state index in [1.54, 1.807) is 0 Å². The van der Waals surface area contributed by atoms with E-state index in [0.29, 0.717) is 13.2 Å². The first-order valence-electron chi connectivity index (χ1n) is 4.92. The summed E-state index contributed by atoms with van der Waals surface area (Å²) < 4.78 is 18.4. The quantitative estimate of drug-likeness (QED) is 0.457. The summed E-state index contributed by atoms with van der Waals surface area (Å²) in [7, 11) is 0. The Balaban J connectivity index is 2.57. The lowest BCUT2D eigenvalue weighted by Gasteiger charge is -2.06. The predicted molar refractivity (Wildman–Crippen MR) is 57.1 cm³/mol. The number of nitrogens with zero attached hydrogens (tertiary/aromatic N) is 1. The van der Waals surface area contributed by atoms with Crippen LogP contribution in [0.4, 0.5) is 10.1 Å². The second-order valence-corrected chi connectivity index (χ2v) is 3.07. The minimum Gasteiger partial charge on any atom is -0.489 e. The van der Waals surface area contributed by atoms with Crippen molar-refractivity contribution in [3.8, 4) is 5.75 Å². The Bertz CT molecular complexity index is 371. The molecule has 0 aliphatic rings. The van der Waals surface area contributed by atoms with Gasteiger partial charge in [-0.1, -0.05) is 6.92 Å². The standard InChI is InChI=1S/C10H13FN2O3/c1-2-12-5-6-16-10-4-3-8(13(14)15)7-9(10)11/h3-4,7,12H,2,5-6H2,1H3. The number of nitrogens with one attached hydrogen (secondary N) is 1. The summed E-state index contributed by atoms with van der Waals surface area (Å²) in [5.41, 5.74) is -0.281. The predicted octanol–water partition coefficient (Wildman–Crippen LogP) is 1.72. The number of benzene rings is 1. The lowest BCUT2D eigenvalue weighted by atomic mass is 10.3. The van der Waals surface area contributed by atoms with Crippen LogP contribution in [0.2, 0.25) is 0 Å². The molecule has 1 aromatic rings. The molecule has 0 bridgehead atoms. The number of nitro benzene ring substituents is 1. The Hall–Kier alpha value is -1.69. The molecular weight excluding hydrogens is 215 g/mol. The third kappa shape index (κ3) is 3.47. The van der Waals surface area contributed by atoms with E-state index < -0.39 is 10.7 Å². The summed E-state index contributed by atoms with van der Waals surface area (Å²) in [5, 5.41) is 13.4. The van der Waals surface area contributed by atoms with Gasteiger partial charge in [-0.3, -0.25) is 10.1 Å². The van der Waals surface area contributed by atoms with Gasteiger partial charge in [-0.15, -0.1) is 0 Å². The number of ether oxygens (including phenoxy) is 1. The van der Waals surface area contributed by atoms with Crippen LogP contribution in [-0.2, 0) is 0 Å². The molecule has 0 fully saturated rings. The van der Waals surface area contributed by atoms with E-state index in [-0.39, 0.29) is 11.4 Å². The van der Waals surface area contributed by atoms with Crippen molar-refractivity contribution >= 4 is 5.69 Å². The topological polar surface area (TPSA) is 64.4 Å². The van der Waals surface area contributed by atoms with E-state index in [4.69, 9.17) is 4.74 Å². The molecule has 0 aliphatic carbocycles. The van der Waals surface area contributed by atoms with Crippen LogP contribution in [0.15, 0.2) is 18.2 Å². The van der Waals surface area contributed by atoms with E-state index in [2.05, 4.69) is 5.32 Å². The lowest BCUT2D eigenvalue weighted by Crippen LogP contribution is -2.20. The van der Waals surface area contributed by atoms with Gasteiger partial charge in [-0.25, -0.2) is 4.39 Å². The van der Waals surface area contributed by atoms with Crippen molar-refractivity contribution in [1.29, 1.82) is 0 Å². The fourth-order valence-electron chi connectivity index (χ4n) is 1.13. The van der Waals surface area contributed by atoms with Crippen molar-refractivity contribution in [2.45, 2.75) is 6.92 Å². The van der Waals surface area contributed by atoms with Gasteiger partial charge in [0.25, 0.3) is 5.69 Å². The average Bonchev–Trinajstić information content (AvgIpc) is 2.26. The molecule has 5 nitrogen and oxygen atoms in total. The van der Waals surface area contributed by atoms with Gasteiger partial charge in [-0.05, 0) is 12.6 Å². The summed E-state index contributed by atoms with van der Waals surface area (Å²) in [4.78, 5) is 9.70. The van der Waals surface area contributed by atoms with Crippen molar-refractivity contribution in [1.82, 2.24) is 5.32 Å². The Kier molecular flexibility index (Phi) is 4.65. The molecule has 0 heterocycles. The average molecular weight is 228 g/mol. The summed E-state index contributed by atoms with van der Waals surface area (Å²) >= 11 is 0. The van der Waals surface area contributed by atoms with Crippen LogP contribution in [0, 0.1) is 15.9 Å². The summed E-state index contributed by atoms with van der Waals surface area (Å²) in [6, 6.07) is 3.33. The highest BCUT2D eigenvalue weighted by Crippen LogP contribution is 2.22. The number of rotatable bonds is 6.